The Hall–Kier alpha value is -4.73. The summed E-state index contributed by atoms with van der Waals surface area (Å²) in [7, 11) is 0. The van der Waals surface area contributed by atoms with Crippen molar-refractivity contribution in [1.82, 2.24) is 10.2 Å². The van der Waals surface area contributed by atoms with Crippen LogP contribution in [0.4, 0.5) is 0 Å². The van der Waals surface area contributed by atoms with Gasteiger partial charge in [-0.25, -0.2) is 24.0 Å². The number of carboxylic acid groups (broad SMARTS) is 4. The van der Waals surface area contributed by atoms with Crippen molar-refractivity contribution in [3.8, 4) is 11.5 Å². The summed E-state index contributed by atoms with van der Waals surface area (Å²) in [4.78, 5) is 50.5. The second-order valence-electron chi connectivity index (χ2n) is 9.06. The molecule has 236 valence electrons. The maximum atomic E-state index is 11.7. The monoisotopic (exact) mass is 608 g/mol. The Kier molecular flexibility index (Phi) is 16.4. The molecule has 15 heteroatoms. The van der Waals surface area contributed by atoms with E-state index >= 15 is 0 Å². The number of ether oxygens (including phenoxy) is 2. The van der Waals surface area contributed by atoms with E-state index in [1.807, 2.05) is 24.3 Å². The van der Waals surface area contributed by atoms with Gasteiger partial charge in [0.25, 0.3) is 0 Å². The van der Waals surface area contributed by atoms with Gasteiger partial charge in [0.2, 0.25) is 0 Å². The van der Waals surface area contributed by atoms with Crippen LogP contribution in [0.2, 0.25) is 0 Å². The van der Waals surface area contributed by atoms with Crippen molar-refractivity contribution < 1.29 is 64.1 Å². The van der Waals surface area contributed by atoms with Gasteiger partial charge in [-0.05, 0) is 74.8 Å². The number of likely N-dealkylation sites (tertiary alicyclic amines) is 1. The first-order valence-corrected chi connectivity index (χ1v) is 13.1. The van der Waals surface area contributed by atoms with Crippen molar-refractivity contribution in [3.63, 3.8) is 0 Å². The number of esters is 1. The first-order chi connectivity index (χ1) is 20.3. The summed E-state index contributed by atoms with van der Waals surface area (Å²) in [5.41, 5.74) is 1.77. The van der Waals surface area contributed by atoms with E-state index < -0.39 is 30.0 Å². The highest BCUT2D eigenvalue weighted by Crippen LogP contribution is 2.17. The molecule has 15 nitrogen and oxygen atoms in total. The molecule has 2 aromatic rings. The summed E-state index contributed by atoms with van der Waals surface area (Å²) in [6, 6.07) is 14.5. The normalized spacial score (nSPS) is 13.6. The third kappa shape index (κ3) is 15.7. The predicted octanol–water partition coefficient (Wildman–Crippen LogP) is 0.874. The van der Waals surface area contributed by atoms with Gasteiger partial charge in [-0.15, -0.1) is 0 Å². The van der Waals surface area contributed by atoms with E-state index in [4.69, 9.17) is 49.1 Å². The zero-order valence-corrected chi connectivity index (χ0v) is 23.4. The van der Waals surface area contributed by atoms with Gasteiger partial charge in [0.15, 0.2) is 0 Å². The van der Waals surface area contributed by atoms with Crippen molar-refractivity contribution in [3.05, 3.63) is 59.7 Å². The number of hydrogen-bond donors (Lipinski definition) is 7. The van der Waals surface area contributed by atoms with Crippen molar-refractivity contribution in [2.75, 3.05) is 32.8 Å². The lowest BCUT2D eigenvalue weighted by atomic mass is 10.0. The lowest BCUT2D eigenvalue weighted by Gasteiger charge is -2.33. The van der Waals surface area contributed by atoms with E-state index in [-0.39, 0.29) is 18.3 Å². The van der Waals surface area contributed by atoms with Crippen LogP contribution in [0, 0.1) is 0 Å². The van der Waals surface area contributed by atoms with Crippen LogP contribution in [0.1, 0.15) is 35.7 Å². The zero-order chi connectivity index (χ0) is 32.4. The van der Waals surface area contributed by atoms with E-state index in [1.54, 1.807) is 31.2 Å². The Balaban J connectivity index is 0.000000649. The summed E-state index contributed by atoms with van der Waals surface area (Å²) in [5, 5.41) is 52.4. The molecule has 1 unspecified atom stereocenters. The smallest absolute Gasteiger partial charge is 0.414 e. The lowest BCUT2D eigenvalue weighted by Crippen LogP contribution is -2.45. The number of carboxylic acids is 4. The molecule has 0 amide bonds. The number of aliphatic hydroxyl groups is 1. The number of aliphatic hydroxyl groups excluding tert-OH is 1. The molecule has 1 heterocycles. The molecule has 2 aromatic carbocycles. The number of carbonyl (C=O) groups excluding carboxylic acids is 1. The van der Waals surface area contributed by atoms with Crippen molar-refractivity contribution in [2.24, 2.45) is 0 Å². The van der Waals surface area contributed by atoms with Crippen molar-refractivity contribution in [1.29, 1.82) is 0 Å². The van der Waals surface area contributed by atoms with Crippen LogP contribution in [0.5, 0.6) is 11.5 Å². The molecule has 0 radical (unpaired) electrons. The van der Waals surface area contributed by atoms with Gasteiger partial charge < -0.3 is 45.4 Å². The second-order valence-corrected chi connectivity index (χ2v) is 9.06. The molecule has 1 atom stereocenters. The third-order valence-corrected chi connectivity index (χ3v) is 5.75. The molecule has 0 saturated carbocycles. The van der Waals surface area contributed by atoms with Gasteiger partial charge >= 0.3 is 29.8 Å². The average molecular weight is 609 g/mol. The number of nitrogens with one attached hydrogen (secondary N) is 1. The summed E-state index contributed by atoms with van der Waals surface area (Å²) >= 11 is 0. The molecular weight excluding hydrogens is 572 g/mol. The van der Waals surface area contributed by atoms with E-state index in [1.165, 1.54) is 5.56 Å². The number of benzene rings is 2. The van der Waals surface area contributed by atoms with Gasteiger partial charge in [-0.1, -0.05) is 12.1 Å². The van der Waals surface area contributed by atoms with E-state index in [0.717, 1.165) is 32.5 Å². The first kappa shape index (κ1) is 36.3. The molecule has 7 N–H and O–H groups in total. The third-order valence-electron chi connectivity index (χ3n) is 5.75. The SMILES string of the molecule is CCOC(=O)c1ccc(CN2CCC(NCC(O)COc3ccc(O)cc3)CC2)cc1.O=C(O)C(=O)O.O=C(O)C(=O)O. The average Bonchev–Trinajstić information content (AvgIpc) is 2.97. The summed E-state index contributed by atoms with van der Waals surface area (Å²) in [5.74, 6) is -6.76. The molecular formula is C28H36N2O13. The van der Waals surface area contributed by atoms with Crippen molar-refractivity contribution in [2.45, 2.75) is 38.5 Å². The molecule has 0 aliphatic carbocycles. The maximum Gasteiger partial charge on any atom is 0.414 e. The molecule has 1 saturated heterocycles. The molecule has 43 heavy (non-hydrogen) atoms. The molecule has 3 rings (SSSR count). The summed E-state index contributed by atoms with van der Waals surface area (Å²) in [6.07, 6.45) is 1.45. The van der Waals surface area contributed by atoms with E-state index in [2.05, 4.69) is 10.2 Å². The topological polar surface area (TPSA) is 240 Å². The van der Waals surface area contributed by atoms with Gasteiger partial charge in [0.1, 0.15) is 24.2 Å². The number of piperidine rings is 1. The van der Waals surface area contributed by atoms with Gasteiger partial charge in [0.05, 0.1) is 12.2 Å². The minimum absolute atomic E-state index is 0.189. The van der Waals surface area contributed by atoms with Crippen LogP contribution in [-0.4, -0.2) is 110 Å². The molecule has 0 spiro atoms. The number of aliphatic carboxylic acids is 4. The van der Waals surface area contributed by atoms with Crippen molar-refractivity contribution >= 4 is 29.8 Å². The molecule has 1 fully saturated rings. The fraction of sp³-hybridized carbons (Fsp3) is 0.393. The Morgan fingerprint density at radius 1 is 0.860 bits per heavy atom. The largest absolute Gasteiger partial charge is 0.508 e. The highest BCUT2D eigenvalue weighted by atomic mass is 16.5. The number of nitrogens with zero attached hydrogens (tertiary/aromatic N) is 1. The van der Waals surface area contributed by atoms with Crippen LogP contribution in [-0.2, 0) is 30.5 Å². The molecule has 1 aliphatic heterocycles. The molecule has 1 aliphatic rings. The fourth-order valence-electron chi connectivity index (χ4n) is 3.61. The first-order valence-electron chi connectivity index (χ1n) is 13.1. The Bertz CT molecular complexity index is 1130. The van der Waals surface area contributed by atoms with Gasteiger partial charge in [-0.2, -0.15) is 0 Å². The Morgan fingerprint density at radius 3 is 1.84 bits per heavy atom. The Morgan fingerprint density at radius 2 is 1.37 bits per heavy atom. The van der Waals surface area contributed by atoms with E-state index in [0.29, 0.717) is 30.5 Å². The fourth-order valence-corrected chi connectivity index (χ4v) is 3.61. The second kappa shape index (κ2) is 19.4. The van der Waals surface area contributed by atoms with Crippen LogP contribution < -0.4 is 10.1 Å². The quantitative estimate of drug-likeness (QED) is 0.146. The van der Waals surface area contributed by atoms with Crippen LogP contribution >= 0.6 is 0 Å². The number of aromatic hydroxyl groups is 1. The number of hydrogen-bond acceptors (Lipinski definition) is 11. The standard InChI is InChI=1S/C24H32N2O5.2C2H2O4/c1-2-30-24(29)19-5-3-18(4-6-19)16-26-13-11-20(12-14-26)25-15-22(28)17-31-23-9-7-21(27)8-10-23;2*3-1(4)2(5)6/h3-10,20,22,25,27-28H,2,11-17H2,1H3;2*(H,3,4)(H,5,6). The number of phenolic OH excluding ortho intramolecular Hbond substituents is 1. The Labute approximate surface area is 246 Å². The highest BCUT2D eigenvalue weighted by Gasteiger charge is 2.20. The maximum absolute atomic E-state index is 11.7. The molecule has 0 bridgehead atoms. The van der Waals surface area contributed by atoms with Crippen LogP contribution in [0.15, 0.2) is 48.5 Å². The molecule has 0 aromatic heterocycles. The van der Waals surface area contributed by atoms with Gasteiger partial charge in [-0.3, -0.25) is 4.90 Å². The predicted molar refractivity (Wildman–Crippen MR) is 149 cm³/mol. The summed E-state index contributed by atoms with van der Waals surface area (Å²) in [6.45, 7) is 5.70. The van der Waals surface area contributed by atoms with Gasteiger partial charge in [0, 0.05) is 19.1 Å². The number of phenols is 1. The zero-order valence-electron chi connectivity index (χ0n) is 23.4. The van der Waals surface area contributed by atoms with Crippen LogP contribution in [0.3, 0.4) is 0 Å². The lowest BCUT2D eigenvalue weighted by molar-refractivity contribution is -0.159. The van der Waals surface area contributed by atoms with E-state index in [9.17, 15) is 15.0 Å². The highest BCUT2D eigenvalue weighted by molar-refractivity contribution is 6.27. The summed E-state index contributed by atoms with van der Waals surface area (Å²) < 4.78 is 10.6. The minimum Gasteiger partial charge on any atom is -0.508 e. The van der Waals surface area contributed by atoms with Crippen LogP contribution in [0.25, 0.3) is 0 Å². The minimum atomic E-state index is -1.82. The number of carbonyl (C=O) groups is 5. The number of rotatable bonds is 10.